The van der Waals surface area contributed by atoms with Crippen LogP contribution in [0.2, 0.25) is 0 Å². The average molecular weight is 258 g/mol. The largest absolute Gasteiger partial charge is 0.325 e. The summed E-state index contributed by atoms with van der Waals surface area (Å²) in [5.74, 6) is 0.755. The van der Waals surface area contributed by atoms with Gasteiger partial charge in [-0.3, -0.25) is 9.69 Å². The lowest BCUT2D eigenvalue weighted by molar-refractivity contribution is -0.119. The van der Waals surface area contributed by atoms with Crippen molar-refractivity contribution in [3.05, 3.63) is 29.3 Å². The molecule has 0 bridgehead atoms. The molecule has 2 aliphatic rings. The molecule has 1 saturated heterocycles. The van der Waals surface area contributed by atoms with Gasteiger partial charge in [0, 0.05) is 12.2 Å². The maximum Gasteiger partial charge on any atom is 0.241 e. The molecule has 1 heterocycles. The number of carbonyl (C=O) groups excluding carboxylic acids is 1. The summed E-state index contributed by atoms with van der Waals surface area (Å²) in [7, 11) is 2.04. The molecule has 0 aromatic heterocycles. The Labute approximate surface area is 115 Å². The van der Waals surface area contributed by atoms with Crippen LogP contribution in [0.4, 0.5) is 5.69 Å². The number of aryl methyl sites for hydroxylation is 2. The normalized spacial score (nSPS) is 26.4. The van der Waals surface area contributed by atoms with Crippen LogP contribution in [0, 0.1) is 5.92 Å². The predicted molar refractivity (Wildman–Crippen MR) is 77.3 cm³/mol. The predicted octanol–water partition coefficient (Wildman–Crippen LogP) is 2.45. The van der Waals surface area contributed by atoms with Crippen molar-refractivity contribution in [1.82, 2.24) is 4.90 Å². The summed E-state index contributed by atoms with van der Waals surface area (Å²) in [6, 6.07) is 6.39. The summed E-state index contributed by atoms with van der Waals surface area (Å²) in [5, 5.41) is 3.08. The number of nitrogens with zero attached hydrogens (tertiary/aromatic N) is 1. The lowest BCUT2D eigenvalue weighted by atomic mass is 10.1. The third-order valence-electron chi connectivity index (χ3n) is 4.43. The SMILES string of the molecule is CC1CC(C(=O)Nc2ccc3c(c2)CCC3)N(C)C1. The van der Waals surface area contributed by atoms with E-state index in [2.05, 4.69) is 29.3 Å². The number of amides is 1. The molecule has 2 atom stereocenters. The highest BCUT2D eigenvalue weighted by molar-refractivity contribution is 5.95. The van der Waals surface area contributed by atoms with E-state index in [0.717, 1.165) is 25.1 Å². The van der Waals surface area contributed by atoms with Crippen molar-refractivity contribution < 1.29 is 4.79 Å². The van der Waals surface area contributed by atoms with E-state index in [1.54, 1.807) is 0 Å². The van der Waals surface area contributed by atoms with Gasteiger partial charge in [-0.25, -0.2) is 0 Å². The van der Waals surface area contributed by atoms with Gasteiger partial charge in [0.05, 0.1) is 6.04 Å². The van der Waals surface area contributed by atoms with Crippen molar-refractivity contribution in [2.75, 3.05) is 18.9 Å². The second kappa shape index (κ2) is 4.97. The van der Waals surface area contributed by atoms with Crippen LogP contribution in [0.15, 0.2) is 18.2 Å². The molecule has 1 aromatic carbocycles. The molecule has 1 N–H and O–H groups in total. The van der Waals surface area contributed by atoms with Gasteiger partial charge in [-0.05, 0) is 61.9 Å². The van der Waals surface area contributed by atoms with Crippen LogP contribution < -0.4 is 5.32 Å². The number of carbonyl (C=O) groups is 1. The number of hydrogen-bond donors (Lipinski definition) is 1. The van der Waals surface area contributed by atoms with Crippen LogP contribution in [-0.4, -0.2) is 30.4 Å². The standard InChI is InChI=1S/C16H22N2O/c1-11-8-15(18(2)10-11)16(19)17-14-7-6-12-4-3-5-13(12)9-14/h6-7,9,11,15H,3-5,8,10H2,1-2H3,(H,17,19). The Hall–Kier alpha value is -1.35. The maximum absolute atomic E-state index is 12.3. The lowest BCUT2D eigenvalue weighted by Gasteiger charge is -2.18. The molecule has 1 amide bonds. The number of fused-ring (bicyclic) bond motifs is 1. The van der Waals surface area contributed by atoms with E-state index in [4.69, 9.17) is 0 Å². The topological polar surface area (TPSA) is 32.3 Å². The molecule has 0 saturated carbocycles. The first-order chi connectivity index (χ1) is 9.13. The summed E-state index contributed by atoms with van der Waals surface area (Å²) >= 11 is 0. The van der Waals surface area contributed by atoms with Crippen LogP contribution in [0.1, 0.15) is 30.9 Å². The van der Waals surface area contributed by atoms with Crippen LogP contribution in [0.25, 0.3) is 0 Å². The van der Waals surface area contributed by atoms with Crippen LogP contribution >= 0.6 is 0 Å². The third kappa shape index (κ3) is 2.52. The monoisotopic (exact) mass is 258 g/mol. The number of anilines is 1. The van der Waals surface area contributed by atoms with Crippen molar-refractivity contribution >= 4 is 11.6 Å². The van der Waals surface area contributed by atoms with E-state index < -0.39 is 0 Å². The second-order valence-electron chi connectivity index (χ2n) is 6.12. The zero-order valence-corrected chi connectivity index (χ0v) is 11.8. The zero-order valence-electron chi connectivity index (χ0n) is 11.8. The Morgan fingerprint density at radius 3 is 2.84 bits per heavy atom. The summed E-state index contributed by atoms with van der Waals surface area (Å²) in [6.07, 6.45) is 4.55. The highest BCUT2D eigenvalue weighted by Crippen LogP contribution is 2.26. The second-order valence-corrected chi connectivity index (χ2v) is 6.12. The molecular formula is C16H22N2O. The first-order valence-electron chi connectivity index (χ1n) is 7.26. The fourth-order valence-electron chi connectivity index (χ4n) is 3.44. The van der Waals surface area contributed by atoms with Gasteiger partial charge in [0.25, 0.3) is 0 Å². The number of benzene rings is 1. The van der Waals surface area contributed by atoms with E-state index in [1.165, 1.54) is 24.0 Å². The Balaban J connectivity index is 1.69. The van der Waals surface area contributed by atoms with Gasteiger partial charge >= 0.3 is 0 Å². The number of rotatable bonds is 2. The minimum Gasteiger partial charge on any atom is -0.325 e. The van der Waals surface area contributed by atoms with Crippen LogP contribution in [0.5, 0.6) is 0 Å². The summed E-state index contributed by atoms with van der Waals surface area (Å²) in [4.78, 5) is 14.5. The summed E-state index contributed by atoms with van der Waals surface area (Å²) in [6.45, 7) is 3.22. The lowest BCUT2D eigenvalue weighted by Crippen LogP contribution is -2.37. The van der Waals surface area contributed by atoms with Crippen molar-refractivity contribution in [3.63, 3.8) is 0 Å². The van der Waals surface area contributed by atoms with E-state index >= 15 is 0 Å². The fraction of sp³-hybridized carbons (Fsp3) is 0.562. The molecular weight excluding hydrogens is 236 g/mol. The van der Waals surface area contributed by atoms with Crippen molar-refractivity contribution in [2.45, 2.75) is 38.6 Å². The molecule has 0 radical (unpaired) electrons. The highest BCUT2D eigenvalue weighted by atomic mass is 16.2. The molecule has 3 nitrogen and oxygen atoms in total. The number of likely N-dealkylation sites (N-methyl/N-ethyl adjacent to an activating group) is 1. The summed E-state index contributed by atoms with van der Waals surface area (Å²) < 4.78 is 0. The van der Waals surface area contributed by atoms with Gasteiger partial charge in [0.2, 0.25) is 5.91 Å². The number of hydrogen-bond acceptors (Lipinski definition) is 2. The Morgan fingerprint density at radius 2 is 2.11 bits per heavy atom. The third-order valence-corrected chi connectivity index (χ3v) is 4.43. The molecule has 1 aliphatic carbocycles. The average Bonchev–Trinajstić information content (AvgIpc) is 2.94. The molecule has 1 fully saturated rings. The van der Waals surface area contributed by atoms with Crippen LogP contribution in [-0.2, 0) is 17.6 Å². The molecule has 102 valence electrons. The van der Waals surface area contributed by atoms with Gasteiger partial charge in [-0.15, -0.1) is 0 Å². The Kier molecular flexibility index (Phi) is 3.31. The minimum atomic E-state index is 0.0308. The highest BCUT2D eigenvalue weighted by Gasteiger charge is 2.32. The van der Waals surface area contributed by atoms with E-state index in [9.17, 15) is 4.79 Å². The van der Waals surface area contributed by atoms with E-state index in [1.807, 2.05) is 13.1 Å². The molecule has 1 aliphatic heterocycles. The van der Waals surface area contributed by atoms with Crippen molar-refractivity contribution in [3.8, 4) is 0 Å². The Morgan fingerprint density at radius 1 is 1.32 bits per heavy atom. The molecule has 3 rings (SSSR count). The van der Waals surface area contributed by atoms with Crippen LogP contribution in [0.3, 0.4) is 0 Å². The molecule has 1 aromatic rings. The number of nitrogens with one attached hydrogen (secondary N) is 1. The first kappa shape index (κ1) is 12.7. The molecule has 3 heteroatoms. The summed E-state index contributed by atoms with van der Waals surface area (Å²) in [5.41, 5.74) is 3.81. The Bertz CT molecular complexity index is 498. The fourth-order valence-corrected chi connectivity index (χ4v) is 3.44. The van der Waals surface area contributed by atoms with Gasteiger partial charge in [0.1, 0.15) is 0 Å². The zero-order chi connectivity index (χ0) is 13.4. The minimum absolute atomic E-state index is 0.0308. The first-order valence-corrected chi connectivity index (χ1v) is 7.26. The maximum atomic E-state index is 12.3. The smallest absolute Gasteiger partial charge is 0.241 e. The van der Waals surface area contributed by atoms with E-state index in [-0.39, 0.29) is 11.9 Å². The molecule has 19 heavy (non-hydrogen) atoms. The quantitative estimate of drug-likeness (QED) is 0.883. The van der Waals surface area contributed by atoms with Gasteiger partial charge in [-0.2, -0.15) is 0 Å². The van der Waals surface area contributed by atoms with Gasteiger partial charge in [0.15, 0.2) is 0 Å². The molecule has 2 unspecified atom stereocenters. The number of likely N-dealkylation sites (tertiary alicyclic amines) is 1. The van der Waals surface area contributed by atoms with Gasteiger partial charge in [-0.1, -0.05) is 13.0 Å². The van der Waals surface area contributed by atoms with Crippen molar-refractivity contribution in [1.29, 1.82) is 0 Å². The van der Waals surface area contributed by atoms with E-state index in [0.29, 0.717) is 5.92 Å². The molecule has 0 spiro atoms. The van der Waals surface area contributed by atoms with Gasteiger partial charge < -0.3 is 5.32 Å². The van der Waals surface area contributed by atoms with Crippen molar-refractivity contribution in [2.24, 2.45) is 5.92 Å².